The third-order valence-electron chi connectivity index (χ3n) is 4.70. The van der Waals surface area contributed by atoms with Crippen LogP contribution in [-0.4, -0.2) is 22.5 Å². The first kappa shape index (κ1) is 18.6. The normalized spacial score (nSPS) is 14.1. The van der Waals surface area contributed by atoms with Gasteiger partial charge in [-0.1, -0.05) is 28.9 Å². The second kappa shape index (κ2) is 6.98. The Kier molecular flexibility index (Phi) is 4.63. The van der Waals surface area contributed by atoms with Crippen LogP contribution >= 0.6 is 11.6 Å². The van der Waals surface area contributed by atoms with Crippen LogP contribution in [-0.2, 0) is 19.1 Å². The molecule has 0 unspecified atom stereocenters. The van der Waals surface area contributed by atoms with Gasteiger partial charge < -0.3 is 9.42 Å². The summed E-state index contributed by atoms with van der Waals surface area (Å²) in [5, 5.41) is 4.62. The number of carbonyl (C=O) groups excluding carboxylic acids is 1. The zero-order chi connectivity index (χ0) is 19.9. The number of nitrogens with zero attached hydrogens (tertiary/aromatic N) is 2. The van der Waals surface area contributed by atoms with Crippen molar-refractivity contribution in [3.05, 3.63) is 75.9 Å². The monoisotopic (exact) mass is 406 g/mol. The van der Waals surface area contributed by atoms with Crippen molar-refractivity contribution in [1.29, 1.82) is 0 Å². The van der Waals surface area contributed by atoms with Crippen molar-refractivity contribution >= 4 is 17.5 Å². The molecule has 0 atom stereocenters. The molecule has 4 nitrogen and oxygen atoms in total. The molecule has 2 heterocycles. The Hall–Kier alpha value is -2.80. The van der Waals surface area contributed by atoms with E-state index in [1.54, 1.807) is 24.3 Å². The SMILES string of the molecule is O=C(c1ccccc1C(F)(F)F)N1CCc2c(noc2-c2ccc(Cl)cc2)C1. The van der Waals surface area contributed by atoms with E-state index in [0.29, 0.717) is 22.9 Å². The van der Waals surface area contributed by atoms with Gasteiger partial charge in [-0.3, -0.25) is 4.79 Å². The van der Waals surface area contributed by atoms with Crippen molar-refractivity contribution in [2.24, 2.45) is 0 Å². The Labute approximate surface area is 163 Å². The van der Waals surface area contributed by atoms with E-state index in [9.17, 15) is 18.0 Å². The van der Waals surface area contributed by atoms with E-state index in [1.165, 1.54) is 23.1 Å². The Morgan fingerprint density at radius 3 is 2.54 bits per heavy atom. The molecular weight excluding hydrogens is 393 g/mol. The minimum Gasteiger partial charge on any atom is -0.356 e. The summed E-state index contributed by atoms with van der Waals surface area (Å²) in [4.78, 5) is 14.1. The van der Waals surface area contributed by atoms with Crippen molar-refractivity contribution in [2.45, 2.75) is 19.1 Å². The van der Waals surface area contributed by atoms with E-state index in [-0.39, 0.29) is 18.7 Å². The summed E-state index contributed by atoms with van der Waals surface area (Å²) in [5.74, 6) is -0.0796. The summed E-state index contributed by atoms with van der Waals surface area (Å²) >= 11 is 5.90. The molecule has 0 saturated heterocycles. The number of hydrogen-bond acceptors (Lipinski definition) is 3. The number of fused-ring (bicyclic) bond motifs is 1. The number of halogens is 4. The minimum absolute atomic E-state index is 0.0947. The first-order chi connectivity index (χ1) is 13.3. The summed E-state index contributed by atoms with van der Waals surface area (Å²) in [6.45, 7) is 0.372. The van der Waals surface area contributed by atoms with Gasteiger partial charge in [0.15, 0.2) is 5.76 Å². The van der Waals surface area contributed by atoms with Crippen LogP contribution in [0, 0.1) is 0 Å². The first-order valence-electron chi connectivity index (χ1n) is 8.53. The smallest absolute Gasteiger partial charge is 0.356 e. The lowest BCUT2D eigenvalue weighted by molar-refractivity contribution is -0.138. The van der Waals surface area contributed by atoms with E-state index >= 15 is 0 Å². The van der Waals surface area contributed by atoms with Gasteiger partial charge in [0, 0.05) is 22.7 Å². The Bertz CT molecular complexity index is 1030. The fraction of sp³-hybridized carbons (Fsp3) is 0.200. The molecule has 0 saturated carbocycles. The average Bonchev–Trinajstić information content (AvgIpc) is 3.10. The molecule has 0 radical (unpaired) electrons. The third kappa shape index (κ3) is 3.38. The summed E-state index contributed by atoms with van der Waals surface area (Å²) in [6.07, 6.45) is -4.15. The molecule has 4 rings (SSSR count). The van der Waals surface area contributed by atoms with Gasteiger partial charge in [-0.2, -0.15) is 13.2 Å². The maximum absolute atomic E-state index is 13.2. The number of amides is 1. The van der Waals surface area contributed by atoms with Crippen LogP contribution < -0.4 is 0 Å². The molecule has 2 aromatic carbocycles. The van der Waals surface area contributed by atoms with Crippen molar-refractivity contribution in [3.8, 4) is 11.3 Å². The highest BCUT2D eigenvalue weighted by Gasteiger charge is 2.37. The van der Waals surface area contributed by atoms with E-state index in [2.05, 4.69) is 5.16 Å². The van der Waals surface area contributed by atoms with Gasteiger partial charge in [0.2, 0.25) is 0 Å². The summed E-state index contributed by atoms with van der Waals surface area (Å²) in [5.41, 5.74) is 0.914. The van der Waals surface area contributed by atoms with Crippen LogP contribution in [0.5, 0.6) is 0 Å². The van der Waals surface area contributed by atoms with Gasteiger partial charge in [-0.15, -0.1) is 0 Å². The van der Waals surface area contributed by atoms with Gasteiger partial charge in [0.25, 0.3) is 5.91 Å². The molecule has 1 amide bonds. The lowest BCUT2D eigenvalue weighted by Crippen LogP contribution is -2.37. The predicted octanol–water partition coefficient (Wildman–Crippen LogP) is 5.21. The molecule has 28 heavy (non-hydrogen) atoms. The molecule has 1 aromatic heterocycles. The molecule has 0 aliphatic carbocycles. The molecule has 1 aliphatic heterocycles. The maximum atomic E-state index is 13.2. The summed E-state index contributed by atoms with van der Waals surface area (Å²) in [7, 11) is 0. The first-order valence-corrected chi connectivity index (χ1v) is 8.91. The third-order valence-corrected chi connectivity index (χ3v) is 4.95. The van der Waals surface area contributed by atoms with Crippen molar-refractivity contribution in [3.63, 3.8) is 0 Å². The van der Waals surface area contributed by atoms with E-state index in [4.69, 9.17) is 16.1 Å². The van der Waals surface area contributed by atoms with Crippen LogP contribution in [0.15, 0.2) is 53.1 Å². The number of hydrogen-bond donors (Lipinski definition) is 0. The second-order valence-corrected chi connectivity index (χ2v) is 6.90. The molecule has 0 bridgehead atoms. The van der Waals surface area contributed by atoms with Gasteiger partial charge in [0.05, 0.1) is 17.7 Å². The van der Waals surface area contributed by atoms with Crippen LogP contribution in [0.1, 0.15) is 27.2 Å². The lowest BCUT2D eigenvalue weighted by atomic mass is 9.99. The van der Waals surface area contributed by atoms with E-state index in [0.717, 1.165) is 17.2 Å². The molecule has 3 aromatic rings. The van der Waals surface area contributed by atoms with Gasteiger partial charge >= 0.3 is 6.18 Å². The molecule has 1 aliphatic rings. The van der Waals surface area contributed by atoms with Crippen LogP contribution in [0.25, 0.3) is 11.3 Å². The quantitative estimate of drug-likeness (QED) is 0.586. The standard InChI is InChI=1S/C20H14ClF3N2O2/c21-13-7-5-12(6-8-13)18-15-9-10-26(11-17(15)25-28-18)19(27)14-3-1-2-4-16(14)20(22,23)24/h1-8H,9-11H2. The Balaban J connectivity index is 1.61. The van der Waals surface area contributed by atoms with Crippen LogP contribution in [0.3, 0.4) is 0 Å². The number of benzene rings is 2. The van der Waals surface area contributed by atoms with Gasteiger partial charge in [-0.05, 0) is 42.8 Å². The fourth-order valence-electron chi connectivity index (χ4n) is 3.32. The summed E-state index contributed by atoms with van der Waals surface area (Å²) < 4.78 is 45.1. The molecule has 144 valence electrons. The van der Waals surface area contributed by atoms with Gasteiger partial charge in [0.1, 0.15) is 5.69 Å². The van der Waals surface area contributed by atoms with Crippen molar-refractivity contribution in [2.75, 3.05) is 6.54 Å². The summed E-state index contributed by atoms with van der Waals surface area (Å²) in [6, 6.07) is 11.9. The highest BCUT2D eigenvalue weighted by molar-refractivity contribution is 6.30. The highest BCUT2D eigenvalue weighted by atomic mass is 35.5. The number of carbonyl (C=O) groups is 1. The topological polar surface area (TPSA) is 46.3 Å². The van der Waals surface area contributed by atoms with Crippen LogP contribution in [0.2, 0.25) is 5.02 Å². The van der Waals surface area contributed by atoms with E-state index in [1.807, 2.05) is 0 Å². The number of aromatic nitrogens is 1. The minimum atomic E-state index is -4.59. The van der Waals surface area contributed by atoms with Crippen LogP contribution in [0.4, 0.5) is 13.2 Å². The maximum Gasteiger partial charge on any atom is 0.417 e. The molecule has 0 N–H and O–H groups in total. The Morgan fingerprint density at radius 2 is 1.82 bits per heavy atom. The van der Waals surface area contributed by atoms with Crippen molar-refractivity contribution in [1.82, 2.24) is 10.1 Å². The second-order valence-electron chi connectivity index (χ2n) is 6.46. The molecule has 8 heteroatoms. The number of rotatable bonds is 2. The number of alkyl halides is 3. The molecular formula is C20H14ClF3N2O2. The Morgan fingerprint density at radius 1 is 1.11 bits per heavy atom. The predicted molar refractivity (Wildman–Crippen MR) is 96.8 cm³/mol. The van der Waals surface area contributed by atoms with Gasteiger partial charge in [-0.25, -0.2) is 0 Å². The highest BCUT2D eigenvalue weighted by Crippen LogP contribution is 2.34. The fourth-order valence-corrected chi connectivity index (χ4v) is 3.45. The zero-order valence-electron chi connectivity index (χ0n) is 14.5. The largest absolute Gasteiger partial charge is 0.417 e. The molecule has 0 fully saturated rings. The molecule has 0 spiro atoms. The average molecular weight is 407 g/mol. The van der Waals surface area contributed by atoms with E-state index < -0.39 is 17.6 Å². The zero-order valence-corrected chi connectivity index (χ0v) is 15.2. The lowest BCUT2D eigenvalue weighted by Gasteiger charge is -2.27. The van der Waals surface area contributed by atoms with Crippen molar-refractivity contribution < 1.29 is 22.5 Å².